The molecule has 10 heteroatoms. The number of urea groups is 1. The van der Waals surface area contributed by atoms with Crippen LogP contribution in [-0.2, 0) is 6.42 Å². The van der Waals surface area contributed by atoms with E-state index in [4.69, 9.17) is 5.11 Å². The van der Waals surface area contributed by atoms with E-state index in [1.54, 1.807) is 4.90 Å². The molecular formula is C22H26FN5O3S. The lowest BCUT2D eigenvalue weighted by Crippen LogP contribution is -2.55. The molecule has 8 nitrogen and oxygen atoms in total. The minimum absolute atomic E-state index is 0.134. The van der Waals surface area contributed by atoms with Crippen molar-refractivity contribution in [2.75, 3.05) is 36.5 Å². The molecule has 0 aliphatic carbocycles. The summed E-state index contributed by atoms with van der Waals surface area (Å²) in [7, 11) is 0. The number of hydrogen-bond donors (Lipinski definition) is 3. The maximum Gasteiger partial charge on any atom is 0.323 e. The van der Waals surface area contributed by atoms with Crippen molar-refractivity contribution in [2.24, 2.45) is 0 Å². The first kappa shape index (κ1) is 22.4. The molecule has 1 aromatic carbocycles. The molecule has 0 unspecified atom stereocenters. The number of halogens is 1. The van der Waals surface area contributed by atoms with Crippen LogP contribution in [-0.4, -0.2) is 69.5 Å². The molecule has 0 spiro atoms. The van der Waals surface area contributed by atoms with E-state index in [1.807, 2.05) is 36.9 Å². The Labute approximate surface area is 189 Å². The van der Waals surface area contributed by atoms with Gasteiger partial charge in [0.2, 0.25) is 0 Å². The fourth-order valence-electron chi connectivity index (χ4n) is 3.84. The van der Waals surface area contributed by atoms with Crippen LogP contribution in [0.3, 0.4) is 0 Å². The molecule has 32 heavy (non-hydrogen) atoms. The number of aryl methyl sites for hydroxylation is 1. The van der Waals surface area contributed by atoms with Crippen LogP contribution >= 0.6 is 11.3 Å². The lowest BCUT2D eigenvalue weighted by atomic mass is 10.1. The standard InChI is InChI=1S/C22H26FN5O3S/c1-13-3-4-18-19(7-13)32-21(25-18)26-22(31)27-5-6-28(14(2)11-27)20-17(23)9-15(10-24-20)8-16(30)12-29/h3-4,7,9-10,14,16,29-30H,5-6,8,11-12H2,1-2H3,(H,25,26,31)/t14-,16+/m0/s1. The Bertz CT molecular complexity index is 1120. The number of pyridine rings is 1. The summed E-state index contributed by atoms with van der Waals surface area (Å²) in [4.78, 5) is 25.0. The second-order valence-corrected chi connectivity index (χ2v) is 9.13. The number of benzene rings is 1. The van der Waals surface area contributed by atoms with Gasteiger partial charge in [-0.2, -0.15) is 0 Å². The van der Waals surface area contributed by atoms with Crippen LogP contribution in [0.25, 0.3) is 10.2 Å². The van der Waals surface area contributed by atoms with Crippen LogP contribution in [0.2, 0.25) is 0 Å². The number of hydrogen-bond acceptors (Lipinski definition) is 7. The second-order valence-electron chi connectivity index (χ2n) is 8.10. The number of nitrogens with one attached hydrogen (secondary N) is 1. The molecule has 1 saturated heterocycles. The van der Waals surface area contributed by atoms with Crippen molar-refractivity contribution in [1.82, 2.24) is 14.9 Å². The van der Waals surface area contributed by atoms with Crippen LogP contribution in [0.5, 0.6) is 0 Å². The Hall–Kier alpha value is -2.82. The molecule has 2 amide bonds. The highest BCUT2D eigenvalue weighted by molar-refractivity contribution is 7.22. The third kappa shape index (κ3) is 4.82. The first-order valence-corrected chi connectivity index (χ1v) is 11.3. The highest BCUT2D eigenvalue weighted by Gasteiger charge is 2.29. The minimum atomic E-state index is -0.942. The largest absolute Gasteiger partial charge is 0.394 e. The Balaban J connectivity index is 1.39. The van der Waals surface area contributed by atoms with Gasteiger partial charge >= 0.3 is 6.03 Å². The number of rotatable bonds is 5. The SMILES string of the molecule is Cc1ccc2nc(NC(=O)N3CCN(c4ncc(C[C@@H](O)CO)cc4F)[C@@H](C)C3)sc2c1. The highest BCUT2D eigenvalue weighted by Crippen LogP contribution is 2.27. The normalized spacial score (nSPS) is 17.6. The van der Waals surface area contributed by atoms with Gasteiger partial charge in [-0.1, -0.05) is 17.4 Å². The summed E-state index contributed by atoms with van der Waals surface area (Å²) < 4.78 is 15.7. The van der Waals surface area contributed by atoms with Crippen LogP contribution in [0.15, 0.2) is 30.5 Å². The molecule has 3 heterocycles. The summed E-state index contributed by atoms with van der Waals surface area (Å²) in [6, 6.07) is 6.94. The molecule has 170 valence electrons. The van der Waals surface area contributed by atoms with Gasteiger partial charge in [0.05, 0.1) is 22.9 Å². The van der Waals surface area contributed by atoms with Gasteiger partial charge < -0.3 is 20.0 Å². The van der Waals surface area contributed by atoms with Gasteiger partial charge in [0.15, 0.2) is 16.8 Å². The number of aliphatic hydroxyl groups is 2. The minimum Gasteiger partial charge on any atom is -0.394 e. The molecule has 2 aromatic heterocycles. The molecule has 1 aliphatic heterocycles. The predicted molar refractivity (Wildman–Crippen MR) is 123 cm³/mol. The first-order chi connectivity index (χ1) is 15.3. The lowest BCUT2D eigenvalue weighted by Gasteiger charge is -2.40. The highest BCUT2D eigenvalue weighted by atomic mass is 32.1. The van der Waals surface area contributed by atoms with Crippen molar-refractivity contribution < 1.29 is 19.4 Å². The molecule has 1 fully saturated rings. The zero-order valence-electron chi connectivity index (χ0n) is 18.0. The van der Waals surface area contributed by atoms with Gasteiger partial charge in [0.1, 0.15) is 0 Å². The van der Waals surface area contributed by atoms with Gasteiger partial charge in [-0.15, -0.1) is 0 Å². The number of anilines is 2. The van der Waals surface area contributed by atoms with E-state index >= 15 is 0 Å². The average Bonchev–Trinajstić information content (AvgIpc) is 3.15. The summed E-state index contributed by atoms with van der Waals surface area (Å²) in [5, 5.41) is 21.9. The fourth-order valence-corrected chi connectivity index (χ4v) is 4.80. The predicted octanol–water partition coefficient (Wildman–Crippen LogP) is 2.78. The van der Waals surface area contributed by atoms with Crippen molar-refractivity contribution in [3.8, 4) is 0 Å². The van der Waals surface area contributed by atoms with E-state index in [9.17, 15) is 14.3 Å². The average molecular weight is 460 g/mol. The van der Waals surface area contributed by atoms with Crippen molar-refractivity contribution in [3.63, 3.8) is 0 Å². The first-order valence-electron chi connectivity index (χ1n) is 10.5. The molecule has 1 aliphatic rings. The van der Waals surface area contributed by atoms with Gasteiger partial charge in [0, 0.05) is 38.3 Å². The van der Waals surface area contributed by atoms with Crippen molar-refractivity contribution in [3.05, 3.63) is 47.4 Å². The lowest BCUT2D eigenvalue weighted by molar-refractivity contribution is 0.0954. The smallest absolute Gasteiger partial charge is 0.323 e. The number of fused-ring (bicyclic) bond motifs is 1. The summed E-state index contributed by atoms with van der Waals surface area (Å²) in [6.07, 6.45) is 0.704. The van der Waals surface area contributed by atoms with Crippen LogP contribution < -0.4 is 10.2 Å². The van der Waals surface area contributed by atoms with Gasteiger partial charge in [-0.05, 0) is 43.2 Å². The maximum atomic E-state index is 14.7. The third-order valence-corrected chi connectivity index (χ3v) is 6.44. The molecule has 3 aromatic rings. The van der Waals surface area contributed by atoms with Gasteiger partial charge in [-0.25, -0.2) is 19.2 Å². The van der Waals surface area contributed by atoms with E-state index in [2.05, 4.69) is 15.3 Å². The molecule has 0 bridgehead atoms. The number of nitrogens with zero attached hydrogens (tertiary/aromatic N) is 4. The molecule has 2 atom stereocenters. The monoisotopic (exact) mass is 459 g/mol. The molecular weight excluding hydrogens is 433 g/mol. The number of aliphatic hydroxyl groups excluding tert-OH is 2. The van der Waals surface area contributed by atoms with E-state index < -0.39 is 11.9 Å². The fraction of sp³-hybridized carbons (Fsp3) is 0.409. The molecule has 0 saturated carbocycles. The Kier molecular flexibility index (Phi) is 6.54. The number of carbonyl (C=O) groups excluding carboxylic acids is 1. The number of carbonyl (C=O) groups is 1. The van der Waals surface area contributed by atoms with Crippen LogP contribution in [0, 0.1) is 12.7 Å². The van der Waals surface area contributed by atoms with E-state index in [1.165, 1.54) is 23.6 Å². The summed E-state index contributed by atoms with van der Waals surface area (Å²) >= 11 is 1.44. The summed E-state index contributed by atoms with van der Waals surface area (Å²) in [6.45, 7) is 4.83. The van der Waals surface area contributed by atoms with Crippen LogP contribution in [0.1, 0.15) is 18.1 Å². The Morgan fingerprint density at radius 2 is 2.19 bits per heavy atom. The molecule has 3 N–H and O–H groups in total. The van der Waals surface area contributed by atoms with Crippen molar-refractivity contribution in [2.45, 2.75) is 32.4 Å². The Morgan fingerprint density at radius 3 is 2.91 bits per heavy atom. The van der Waals surface area contributed by atoms with Gasteiger partial charge in [0.25, 0.3) is 0 Å². The van der Waals surface area contributed by atoms with Crippen LogP contribution in [0.4, 0.5) is 20.1 Å². The van der Waals surface area contributed by atoms with Gasteiger partial charge in [-0.3, -0.25) is 5.32 Å². The second kappa shape index (κ2) is 9.35. The zero-order valence-corrected chi connectivity index (χ0v) is 18.8. The summed E-state index contributed by atoms with van der Waals surface area (Å²) in [5.41, 5.74) is 2.51. The van der Waals surface area contributed by atoms with E-state index in [0.29, 0.717) is 30.3 Å². The summed E-state index contributed by atoms with van der Waals surface area (Å²) in [5.74, 6) is -0.261. The molecule has 4 rings (SSSR count). The quantitative estimate of drug-likeness (QED) is 0.542. The number of aromatic nitrogens is 2. The number of thiazole rings is 1. The number of piperazine rings is 1. The third-order valence-electron chi connectivity index (χ3n) is 5.51. The maximum absolute atomic E-state index is 14.7. The van der Waals surface area contributed by atoms with E-state index in [0.717, 1.165) is 15.8 Å². The molecule has 0 radical (unpaired) electrons. The zero-order chi connectivity index (χ0) is 22.8. The van der Waals surface area contributed by atoms with Crippen molar-refractivity contribution >= 4 is 38.5 Å². The van der Waals surface area contributed by atoms with Crippen molar-refractivity contribution in [1.29, 1.82) is 0 Å². The van der Waals surface area contributed by atoms with E-state index in [-0.39, 0.29) is 30.9 Å². The topological polar surface area (TPSA) is 102 Å². The number of amides is 2. The Morgan fingerprint density at radius 1 is 1.38 bits per heavy atom.